The number of anilines is 1. The molecule has 0 saturated heterocycles. The van der Waals surface area contributed by atoms with E-state index in [1.165, 1.54) is 18.9 Å². The van der Waals surface area contributed by atoms with E-state index in [-0.39, 0.29) is 29.0 Å². The fourth-order valence-corrected chi connectivity index (χ4v) is 4.35. The molecule has 0 aliphatic heterocycles. The van der Waals surface area contributed by atoms with Crippen LogP contribution in [-0.2, 0) is 16.1 Å². The number of amides is 2. The van der Waals surface area contributed by atoms with Crippen molar-refractivity contribution in [1.29, 1.82) is 0 Å². The standard InChI is InChI=1S/C27H31N5O4S/c1-6-15-32-24(23(17(2)3)29-25(34)19-13-11-18(4)12-14-19)30-31-27(32)37-16-22(33)28-21-10-8-7-9-20(21)26(35)36-5/h6-14,17,23H,1,15-16H2,2-5H3,(H,28,33)(H,29,34)/t23-/m0/s1. The molecule has 0 radical (unpaired) electrons. The smallest absolute Gasteiger partial charge is 0.339 e. The molecule has 1 aromatic heterocycles. The Hall–Kier alpha value is -3.92. The van der Waals surface area contributed by atoms with Crippen molar-refractivity contribution in [2.24, 2.45) is 5.92 Å². The van der Waals surface area contributed by atoms with Crippen molar-refractivity contribution in [2.45, 2.75) is 38.5 Å². The van der Waals surface area contributed by atoms with Gasteiger partial charge in [-0.25, -0.2) is 4.79 Å². The number of nitrogens with zero attached hydrogens (tertiary/aromatic N) is 3. The Labute approximate surface area is 220 Å². The number of aryl methyl sites for hydroxylation is 1. The normalized spacial score (nSPS) is 11.6. The number of hydrogen-bond acceptors (Lipinski definition) is 7. The lowest BCUT2D eigenvalue weighted by Crippen LogP contribution is -2.33. The molecule has 37 heavy (non-hydrogen) atoms. The average molecular weight is 522 g/mol. The minimum atomic E-state index is -0.536. The molecule has 0 aliphatic carbocycles. The van der Waals surface area contributed by atoms with E-state index in [0.717, 1.165) is 5.56 Å². The highest BCUT2D eigenvalue weighted by Crippen LogP contribution is 2.26. The summed E-state index contributed by atoms with van der Waals surface area (Å²) in [7, 11) is 1.29. The highest BCUT2D eigenvalue weighted by molar-refractivity contribution is 7.99. The maximum atomic E-state index is 12.9. The van der Waals surface area contributed by atoms with Gasteiger partial charge in [0.2, 0.25) is 5.91 Å². The predicted molar refractivity (Wildman–Crippen MR) is 144 cm³/mol. The van der Waals surface area contributed by atoms with E-state index >= 15 is 0 Å². The van der Waals surface area contributed by atoms with Gasteiger partial charge in [0.15, 0.2) is 11.0 Å². The summed E-state index contributed by atoms with van der Waals surface area (Å²) >= 11 is 1.20. The maximum Gasteiger partial charge on any atom is 0.339 e. The lowest BCUT2D eigenvalue weighted by atomic mass is 10.0. The first-order valence-corrected chi connectivity index (χ1v) is 12.7. The molecule has 9 nitrogen and oxygen atoms in total. The van der Waals surface area contributed by atoms with Gasteiger partial charge in [0.05, 0.1) is 30.2 Å². The number of carbonyl (C=O) groups excluding carboxylic acids is 3. The number of rotatable bonds is 11. The number of benzene rings is 2. The van der Waals surface area contributed by atoms with Gasteiger partial charge in [-0.3, -0.25) is 9.59 Å². The first-order chi connectivity index (χ1) is 17.7. The zero-order chi connectivity index (χ0) is 26.9. The zero-order valence-electron chi connectivity index (χ0n) is 21.4. The fourth-order valence-electron chi connectivity index (χ4n) is 3.59. The number of ether oxygens (including phenoxy) is 1. The van der Waals surface area contributed by atoms with Crippen molar-refractivity contribution >= 4 is 35.2 Å². The van der Waals surface area contributed by atoms with Crippen LogP contribution in [0.15, 0.2) is 66.3 Å². The summed E-state index contributed by atoms with van der Waals surface area (Å²) in [5, 5.41) is 15.0. The lowest BCUT2D eigenvalue weighted by Gasteiger charge is -2.22. The Morgan fingerprint density at radius 2 is 1.81 bits per heavy atom. The van der Waals surface area contributed by atoms with E-state index in [1.807, 2.05) is 37.5 Å². The molecule has 0 unspecified atom stereocenters. The summed E-state index contributed by atoms with van der Waals surface area (Å²) in [5.74, 6) is -0.417. The quantitative estimate of drug-likeness (QED) is 0.218. The molecule has 2 aromatic carbocycles. The topological polar surface area (TPSA) is 115 Å². The summed E-state index contributed by atoms with van der Waals surface area (Å²) in [4.78, 5) is 37.6. The van der Waals surface area contributed by atoms with Gasteiger partial charge in [-0.15, -0.1) is 16.8 Å². The minimum absolute atomic E-state index is 0.0261. The second kappa shape index (κ2) is 12.9. The maximum absolute atomic E-state index is 12.9. The van der Waals surface area contributed by atoms with Crippen LogP contribution in [0.25, 0.3) is 0 Å². The van der Waals surface area contributed by atoms with E-state index < -0.39 is 12.0 Å². The number of methoxy groups -OCH3 is 1. The molecule has 0 bridgehead atoms. The molecular formula is C27H31N5O4S. The van der Waals surface area contributed by atoms with Crippen LogP contribution in [0, 0.1) is 12.8 Å². The molecule has 0 saturated carbocycles. The molecule has 1 heterocycles. The SMILES string of the molecule is C=CCn1c(SCC(=O)Nc2ccccc2C(=O)OC)nnc1[C@@H](NC(=O)c1ccc(C)cc1)C(C)C. The van der Waals surface area contributed by atoms with Crippen LogP contribution in [0.5, 0.6) is 0 Å². The van der Waals surface area contributed by atoms with Gasteiger partial charge in [0.25, 0.3) is 5.91 Å². The van der Waals surface area contributed by atoms with Gasteiger partial charge in [0.1, 0.15) is 0 Å². The first kappa shape index (κ1) is 27.7. The van der Waals surface area contributed by atoms with Crippen molar-refractivity contribution in [3.05, 3.63) is 83.7 Å². The molecule has 3 rings (SSSR count). The summed E-state index contributed by atoms with van der Waals surface area (Å²) in [6.45, 7) is 10.2. The number of hydrogen-bond donors (Lipinski definition) is 2. The largest absolute Gasteiger partial charge is 0.465 e. The third-order valence-electron chi connectivity index (χ3n) is 5.54. The number of nitrogens with one attached hydrogen (secondary N) is 2. The van der Waals surface area contributed by atoms with Gasteiger partial charge in [0, 0.05) is 12.1 Å². The van der Waals surface area contributed by atoms with Crippen molar-refractivity contribution in [1.82, 2.24) is 20.1 Å². The Bertz CT molecular complexity index is 1270. The van der Waals surface area contributed by atoms with E-state index in [2.05, 4.69) is 27.4 Å². The lowest BCUT2D eigenvalue weighted by molar-refractivity contribution is -0.113. The third kappa shape index (κ3) is 7.07. The number of allylic oxidation sites excluding steroid dienone is 1. The van der Waals surface area contributed by atoms with Crippen molar-refractivity contribution in [3.63, 3.8) is 0 Å². The number of thioether (sulfide) groups is 1. The van der Waals surface area contributed by atoms with Crippen molar-refractivity contribution in [2.75, 3.05) is 18.2 Å². The van der Waals surface area contributed by atoms with Gasteiger partial charge in [-0.05, 0) is 37.1 Å². The highest BCUT2D eigenvalue weighted by Gasteiger charge is 2.26. The van der Waals surface area contributed by atoms with Crippen LogP contribution in [0.4, 0.5) is 5.69 Å². The summed E-state index contributed by atoms with van der Waals surface area (Å²) in [6.07, 6.45) is 1.71. The minimum Gasteiger partial charge on any atom is -0.465 e. The Morgan fingerprint density at radius 1 is 1.11 bits per heavy atom. The Balaban J connectivity index is 1.75. The van der Waals surface area contributed by atoms with E-state index in [4.69, 9.17) is 4.74 Å². The summed E-state index contributed by atoms with van der Waals surface area (Å²) in [5.41, 5.74) is 2.27. The van der Waals surface area contributed by atoms with E-state index in [1.54, 1.807) is 42.5 Å². The van der Waals surface area contributed by atoms with Gasteiger partial charge in [-0.1, -0.05) is 61.5 Å². The number of esters is 1. The van der Waals surface area contributed by atoms with Crippen LogP contribution in [0.3, 0.4) is 0 Å². The molecule has 1 atom stereocenters. The molecule has 3 aromatic rings. The molecule has 0 aliphatic rings. The second-order valence-corrected chi connectivity index (χ2v) is 9.62. The van der Waals surface area contributed by atoms with Crippen LogP contribution in [0.2, 0.25) is 0 Å². The number of aromatic nitrogens is 3. The van der Waals surface area contributed by atoms with Crippen LogP contribution >= 0.6 is 11.8 Å². The van der Waals surface area contributed by atoms with E-state index in [9.17, 15) is 14.4 Å². The number of para-hydroxylation sites is 1. The van der Waals surface area contributed by atoms with Crippen molar-refractivity contribution in [3.8, 4) is 0 Å². The summed E-state index contributed by atoms with van der Waals surface area (Å²) in [6, 6.07) is 13.6. The third-order valence-corrected chi connectivity index (χ3v) is 6.51. The van der Waals surface area contributed by atoms with Crippen molar-refractivity contribution < 1.29 is 19.1 Å². The molecule has 194 valence electrons. The van der Waals surface area contributed by atoms with Gasteiger partial charge >= 0.3 is 5.97 Å². The van der Waals surface area contributed by atoms with Crippen LogP contribution in [-0.4, -0.2) is 45.4 Å². The second-order valence-electron chi connectivity index (χ2n) is 8.68. The molecule has 0 fully saturated rings. The van der Waals surface area contributed by atoms with Gasteiger partial charge < -0.3 is 19.9 Å². The predicted octanol–water partition coefficient (Wildman–Crippen LogP) is 4.42. The Morgan fingerprint density at radius 3 is 2.46 bits per heavy atom. The molecular weight excluding hydrogens is 490 g/mol. The average Bonchev–Trinajstić information content (AvgIpc) is 3.28. The Kier molecular flexibility index (Phi) is 9.62. The summed E-state index contributed by atoms with van der Waals surface area (Å²) < 4.78 is 6.62. The molecule has 0 spiro atoms. The monoisotopic (exact) mass is 521 g/mol. The zero-order valence-corrected chi connectivity index (χ0v) is 22.2. The van der Waals surface area contributed by atoms with Crippen LogP contribution in [0.1, 0.15) is 52.0 Å². The number of carbonyl (C=O) groups is 3. The van der Waals surface area contributed by atoms with Crippen LogP contribution < -0.4 is 10.6 Å². The van der Waals surface area contributed by atoms with E-state index in [0.29, 0.717) is 28.8 Å². The molecule has 2 N–H and O–H groups in total. The molecule has 2 amide bonds. The highest BCUT2D eigenvalue weighted by atomic mass is 32.2. The molecule has 10 heteroatoms. The van der Waals surface area contributed by atoms with Gasteiger partial charge in [-0.2, -0.15) is 0 Å². The fraction of sp³-hybridized carbons (Fsp3) is 0.296. The first-order valence-electron chi connectivity index (χ1n) is 11.8.